The van der Waals surface area contributed by atoms with Gasteiger partial charge in [0.15, 0.2) is 0 Å². The lowest BCUT2D eigenvalue weighted by atomic mass is 10.2. The molecule has 0 bridgehead atoms. The molecule has 0 saturated heterocycles. The minimum Gasteiger partial charge on any atom is -0.492 e. The Hall–Kier alpha value is -3.85. The molecule has 1 amide bonds. The van der Waals surface area contributed by atoms with Crippen LogP contribution >= 0.6 is 0 Å². The first-order valence-corrected chi connectivity index (χ1v) is 12.8. The number of esters is 1. The van der Waals surface area contributed by atoms with Gasteiger partial charge in [-0.2, -0.15) is 0 Å². The highest BCUT2D eigenvalue weighted by Gasteiger charge is 2.19. The summed E-state index contributed by atoms with van der Waals surface area (Å²) in [5.41, 5.74) is 1.26. The molecule has 2 N–H and O–H groups in total. The van der Waals surface area contributed by atoms with Crippen LogP contribution in [-0.4, -0.2) is 33.5 Å². The maximum atomic E-state index is 13.0. The number of hydrogen-bond acceptors (Lipinski definition) is 6. The number of amides is 1. The van der Waals surface area contributed by atoms with Crippen LogP contribution in [0.5, 0.6) is 5.75 Å². The summed E-state index contributed by atoms with van der Waals surface area (Å²) in [5.74, 6) is -0.504. The van der Waals surface area contributed by atoms with Crippen molar-refractivity contribution in [2.75, 3.05) is 23.3 Å². The van der Waals surface area contributed by atoms with Gasteiger partial charge in [0.25, 0.3) is 15.9 Å². The van der Waals surface area contributed by atoms with Crippen molar-refractivity contribution in [3.63, 3.8) is 0 Å². The minimum absolute atomic E-state index is 0.0626. The van der Waals surface area contributed by atoms with Gasteiger partial charge in [0.05, 0.1) is 29.4 Å². The molecule has 0 aromatic heterocycles. The number of benzene rings is 3. The lowest BCUT2D eigenvalue weighted by Gasteiger charge is -2.14. The Morgan fingerprint density at radius 2 is 1.60 bits per heavy atom. The largest absolute Gasteiger partial charge is 0.492 e. The Labute approximate surface area is 205 Å². The van der Waals surface area contributed by atoms with Gasteiger partial charge in [-0.1, -0.05) is 31.5 Å². The average Bonchev–Trinajstić information content (AvgIpc) is 2.86. The molecule has 35 heavy (non-hydrogen) atoms. The van der Waals surface area contributed by atoms with E-state index in [1.54, 1.807) is 37.3 Å². The summed E-state index contributed by atoms with van der Waals surface area (Å²) in [6, 6.07) is 18.8. The van der Waals surface area contributed by atoms with Crippen LogP contribution in [0.15, 0.2) is 77.7 Å². The fourth-order valence-corrected chi connectivity index (χ4v) is 4.20. The molecule has 8 nitrogen and oxygen atoms in total. The Bertz CT molecular complexity index is 1260. The van der Waals surface area contributed by atoms with Gasteiger partial charge < -0.3 is 14.8 Å². The highest BCUT2D eigenvalue weighted by Crippen LogP contribution is 2.29. The van der Waals surface area contributed by atoms with Crippen LogP contribution in [0.1, 0.15) is 47.4 Å². The molecule has 3 aromatic carbocycles. The summed E-state index contributed by atoms with van der Waals surface area (Å²) in [4.78, 5) is 24.6. The monoisotopic (exact) mass is 496 g/mol. The summed E-state index contributed by atoms with van der Waals surface area (Å²) < 4.78 is 39.2. The number of nitrogens with one attached hydrogen (secondary N) is 2. The van der Waals surface area contributed by atoms with Gasteiger partial charge in [-0.3, -0.25) is 9.52 Å². The average molecular weight is 497 g/mol. The number of ether oxygens (including phenoxy) is 2. The third-order valence-corrected chi connectivity index (χ3v) is 6.33. The summed E-state index contributed by atoms with van der Waals surface area (Å²) in [5, 5.41) is 2.72. The maximum Gasteiger partial charge on any atom is 0.338 e. The second kappa shape index (κ2) is 12.0. The summed E-state index contributed by atoms with van der Waals surface area (Å²) in [7, 11) is -3.99. The number of hydrogen-bond donors (Lipinski definition) is 2. The number of sulfonamides is 1. The quantitative estimate of drug-likeness (QED) is 0.282. The molecular weight excluding hydrogens is 468 g/mol. The van der Waals surface area contributed by atoms with E-state index in [2.05, 4.69) is 10.0 Å². The Kier molecular flexibility index (Phi) is 8.86. The smallest absolute Gasteiger partial charge is 0.338 e. The maximum absolute atomic E-state index is 13.0. The van der Waals surface area contributed by atoms with Gasteiger partial charge >= 0.3 is 5.97 Å². The molecule has 0 atom stereocenters. The number of anilines is 2. The fourth-order valence-electron chi connectivity index (χ4n) is 3.12. The predicted octanol–water partition coefficient (Wildman–Crippen LogP) is 5.10. The van der Waals surface area contributed by atoms with Crippen molar-refractivity contribution in [1.29, 1.82) is 0 Å². The number of unbranched alkanes of at least 4 members (excludes halogenated alkanes) is 1. The second-order valence-corrected chi connectivity index (χ2v) is 9.27. The van der Waals surface area contributed by atoms with Crippen molar-refractivity contribution in [1.82, 2.24) is 0 Å². The lowest BCUT2D eigenvalue weighted by molar-refractivity contribution is 0.0499. The van der Waals surface area contributed by atoms with Crippen molar-refractivity contribution < 1.29 is 27.5 Å². The molecular formula is C26H28N2O6S. The lowest BCUT2D eigenvalue weighted by Crippen LogP contribution is -2.16. The molecule has 0 aliphatic heterocycles. The van der Waals surface area contributed by atoms with E-state index in [1.165, 1.54) is 42.5 Å². The molecule has 0 radical (unpaired) electrons. The van der Waals surface area contributed by atoms with Crippen LogP contribution in [0.4, 0.5) is 11.4 Å². The third kappa shape index (κ3) is 7.07. The van der Waals surface area contributed by atoms with Gasteiger partial charge in [0.2, 0.25) is 0 Å². The van der Waals surface area contributed by atoms with Crippen LogP contribution in [0.2, 0.25) is 0 Å². The van der Waals surface area contributed by atoms with Gasteiger partial charge in [-0.15, -0.1) is 0 Å². The molecule has 0 heterocycles. The fraction of sp³-hybridized carbons (Fsp3) is 0.231. The van der Waals surface area contributed by atoms with E-state index in [-0.39, 0.29) is 16.3 Å². The van der Waals surface area contributed by atoms with E-state index in [4.69, 9.17) is 9.47 Å². The molecule has 3 aromatic rings. The Balaban J connectivity index is 1.78. The molecule has 3 rings (SSSR count). The molecule has 0 fully saturated rings. The van der Waals surface area contributed by atoms with E-state index in [1.807, 2.05) is 6.92 Å². The third-order valence-electron chi connectivity index (χ3n) is 4.95. The zero-order valence-electron chi connectivity index (χ0n) is 19.6. The van der Waals surface area contributed by atoms with E-state index in [0.717, 1.165) is 12.8 Å². The van der Waals surface area contributed by atoms with Gasteiger partial charge in [-0.25, -0.2) is 13.2 Å². The molecule has 184 valence electrons. The number of carbonyl (C=O) groups is 2. The van der Waals surface area contributed by atoms with E-state index >= 15 is 0 Å². The number of rotatable bonds is 11. The van der Waals surface area contributed by atoms with Gasteiger partial charge in [-0.05, 0) is 67.9 Å². The van der Waals surface area contributed by atoms with Gasteiger partial charge in [0, 0.05) is 11.3 Å². The van der Waals surface area contributed by atoms with Crippen LogP contribution in [0.3, 0.4) is 0 Å². The molecule has 9 heteroatoms. The van der Waals surface area contributed by atoms with Crippen molar-refractivity contribution in [3.05, 3.63) is 83.9 Å². The van der Waals surface area contributed by atoms with Gasteiger partial charge in [0.1, 0.15) is 5.75 Å². The van der Waals surface area contributed by atoms with Crippen LogP contribution in [0, 0.1) is 0 Å². The molecule has 0 aliphatic rings. The van der Waals surface area contributed by atoms with E-state index in [0.29, 0.717) is 30.1 Å². The summed E-state index contributed by atoms with van der Waals surface area (Å²) in [6.07, 6.45) is 1.69. The predicted molar refractivity (Wildman–Crippen MR) is 134 cm³/mol. The first kappa shape index (κ1) is 25.8. The first-order valence-electron chi connectivity index (χ1n) is 11.3. The Morgan fingerprint density at radius 3 is 2.26 bits per heavy atom. The summed E-state index contributed by atoms with van der Waals surface area (Å²) in [6.45, 7) is 4.47. The van der Waals surface area contributed by atoms with Crippen LogP contribution in [-0.2, 0) is 14.8 Å². The SMILES string of the molecule is CCCCOC(=O)c1ccc(NS(=O)(=O)c2ccc(OCC)c(NC(=O)c3ccccc3)c2)cc1. The van der Waals surface area contributed by atoms with Crippen LogP contribution < -0.4 is 14.8 Å². The van der Waals surface area contributed by atoms with E-state index in [9.17, 15) is 18.0 Å². The highest BCUT2D eigenvalue weighted by atomic mass is 32.2. The molecule has 0 spiro atoms. The molecule has 0 saturated carbocycles. The molecule has 0 unspecified atom stereocenters. The normalized spacial score (nSPS) is 10.9. The zero-order chi connectivity index (χ0) is 25.3. The highest BCUT2D eigenvalue weighted by molar-refractivity contribution is 7.92. The topological polar surface area (TPSA) is 111 Å². The minimum atomic E-state index is -3.99. The van der Waals surface area contributed by atoms with Crippen molar-refractivity contribution >= 4 is 33.3 Å². The van der Waals surface area contributed by atoms with Crippen molar-refractivity contribution in [2.24, 2.45) is 0 Å². The standard InChI is InChI=1S/C26H28N2O6S/c1-3-5-17-34-26(30)20-11-13-21(14-12-20)28-35(31,32)22-15-16-24(33-4-2)23(18-22)27-25(29)19-9-7-6-8-10-19/h6-16,18,28H,3-5,17H2,1-2H3,(H,27,29). The Morgan fingerprint density at radius 1 is 0.886 bits per heavy atom. The van der Waals surface area contributed by atoms with Crippen LogP contribution in [0.25, 0.3) is 0 Å². The second-order valence-electron chi connectivity index (χ2n) is 7.58. The van der Waals surface area contributed by atoms with Crippen molar-refractivity contribution in [2.45, 2.75) is 31.6 Å². The molecule has 0 aliphatic carbocycles. The summed E-state index contributed by atoms with van der Waals surface area (Å²) >= 11 is 0. The van der Waals surface area contributed by atoms with E-state index < -0.39 is 21.9 Å². The zero-order valence-corrected chi connectivity index (χ0v) is 20.4. The number of carbonyl (C=O) groups excluding carboxylic acids is 2. The first-order chi connectivity index (χ1) is 16.8. The van der Waals surface area contributed by atoms with Crippen molar-refractivity contribution in [3.8, 4) is 5.75 Å².